The molecule has 2 nitrogen and oxygen atoms in total. The summed E-state index contributed by atoms with van der Waals surface area (Å²) in [5.41, 5.74) is -0.333. The average molecular weight is 202 g/mol. The van der Waals surface area contributed by atoms with Gasteiger partial charge >= 0.3 is 0 Å². The van der Waals surface area contributed by atoms with E-state index in [4.69, 9.17) is 9.84 Å². The van der Waals surface area contributed by atoms with Crippen LogP contribution < -0.4 is 0 Å². The molecule has 0 amide bonds. The maximum atomic E-state index is 8.90. The maximum absolute atomic E-state index is 8.90. The molecule has 14 heavy (non-hydrogen) atoms. The van der Waals surface area contributed by atoms with E-state index in [9.17, 15) is 0 Å². The molecule has 0 rings (SSSR count). The van der Waals surface area contributed by atoms with E-state index >= 15 is 0 Å². The SMILES string of the molecule is CC(C)CC(C)(C)OC(C)(C)CCO. The number of hydrogen-bond donors (Lipinski definition) is 1. The van der Waals surface area contributed by atoms with Crippen molar-refractivity contribution in [2.45, 2.75) is 65.6 Å². The van der Waals surface area contributed by atoms with E-state index in [1.165, 1.54) is 0 Å². The summed E-state index contributed by atoms with van der Waals surface area (Å²) in [4.78, 5) is 0. The molecule has 0 aromatic heterocycles. The van der Waals surface area contributed by atoms with Gasteiger partial charge in [0, 0.05) is 6.61 Å². The van der Waals surface area contributed by atoms with Crippen LogP contribution in [0.25, 0.3) is 0 Å². The third-order valence-corrected chi connectivity index (χ3v) is 2.17. The van der Waals surface area contributed by atoms with Gasteiger partial charge in [0.25, 0.3) is 0 Å². The van der Waals surface area contributed by atoms with Gasteiger partial charge < -0.3 is 9.84 Å². The first-order chi connectivity index (χ1) is 6.18. The minimum Gasteiger partial charge on any atom is -0.396 e. The van der Waals surface area contributed by atoms with Gasteiger partial charge in [-0.15, -0.1) is 0 Å². The van der Waals surface area contributed by atoms with E-state index in [1.807, 2.05) is 13.8 Å². The van der Waals surface area contributed by atoms with Gasteiger partial charge in [-0.2, -0.15) is 0 Å². The molecule has 0 saturated heterocycles. The van der Waals surface area contributed by atoms with Crippen molar-refractivity contribution >= 4 is 0 Å². The monoisotopic (exact) mass is 202 g/mol. The maximum Gasteiger partial charge on any atom is 0.0655 e. The first-order valence-corrected chi connectivity index (χ1v) is 5.49. The van der Waals surface area contributed by atoms with Gasteiger partial charge in [-0.3, -0.25) is 0 Å². The van der Waals surface area contributed by atoms with Crippen molar-refractivity contribution in [1.29, 1.82) is 0 Å². The van der Waals surface area contributed by atoms with E-state index in [1.54, 1.807) is 0 Å². The third-order valence-electron chi connectivity index (χ3n) is 2.17. The lowest BCUT2D eigenvalue weighted by molar-refractivity contribution is -0.137. The van der Waals surface area contributed by atoms with Crippen LogP contribution in [0.2, 0.25) is 0 Å². The second-order valence-electron chi connectivity index (χ2n) is 5.69. The molecule has 0 aliphatic rings. The van der Waals surface area contributed by atoms with Gasteiger partial charge in [0.15, 0.2) is 0 Å². The molecule has 0 aliphatic carbocycles. The number of rotatable bonds is 6. The summed E-state index contributed by atoms with van der Waals surface area (Å²) in [5, 5.41) is 8.90. The fraction of sp³-hybridized carbons (Fsp3) is 1.00. The summed E-state index contributed by atoms with van der Waals surface area (Å²) in [6, 6.07) is 0. The Labute approximate surface area is 88.7 Å². The van der Waals surface area contributed by atoms with Crippen LogP contribution in [-0.4, -0.2) is 22.9 Å². The molecule has 0 saturated carbocycles. The van der Waals surface area contributed by atoms with Crippen LogP contribution in [0.4, 0.5) is 0 Å². The second kappa shape index (κ2) is 5.13. The smallest absolute Gasteiger partial charge is 0.0655 e. The van der Waals surface area contributed by atoms with E-state index in [0.717, 1.165) is 6.42 Å². The Morgan fingerprint density at radius 2 is 1.57 bits per heavy atom. The standard InChI is InChI=1S/C12H26O2/c1-10(2)9-12(5,6)14-11(3,4)7-8-13/h10,13H,7-9H2,1-6H3. The number of aliphatic hydroxyl groups is 1. The second-order valence-corrected chi connectivity index (χ2v) is 5.69. The molecular weight excluding hydrogens is 176 g/mol. The Hall–Kier alpha value is -0.0800. The van der Waals surface area contributed by atoms with Gasteiger partial charge in [0.1, 0.15) is 0 Å². The van der Waals surface area contributed by atoms with Gasteiger partial charge in [-0.1, -0.05) is 13.8 Å². The van der Waals surface area contributed by atoms with Crippen LogP contribution in [0, 0.1) is 5.92 Å². The molecule has 0 fully saturated rings. The van der Waals surface area contributed by atoms with Crippen LogP contribution >= 0.6 is 0 Å². The molecule has 0 radical (unpaired) electrons. The Bertz CT molecular complexity index is 160. The summed E-state index contributed by atoms with van der Waals surface area (Å²) < 4.78 is 6.02. The summed E-state index contributed by atoms with van der Waals surface area (Å²) in [7, 11) is 0. The predicted molar refractivity (Wildman–Crippen MR) is 60.4 cm³/mol. The third kappa shape index (κ3) is 6.39. The summed E-state index contributed by atoms with van der Waals surface area (Å²) in [6.45, 7) is 12.9. The normalized spacial score (nSPS) is 13.7. The highest BCUT2D eigenvalue weighted by molar-refractivity contribution is 4.78. The average Bonchev–Trinajstić information content (AvgIpc) is 1.78. The van der Waals surface area contributed by atoms with Crippen LogP contribution in [0.5, 0.6) is 0 Å². The highest BCUT2D eigenvalue weighted by Crippen LogP contribution is 2.28. The lowest BCUT2D eigenvalue weighted by Crippen LogP contribution is -2.38. The van der Waals surface area contributed by atoms with E-state index in [2.05, 4.69) is 27.7 Å². The zero-order valence-corrected chi connectivity index (χ0v) is 10.6. The molecule has 0 bridgehead atoms. The van der Waals surface area contributed by atoms with Crippen molar-refractivity contribution in [3.63, 3.8) is 0 Å². The Balaban J connectivity index is 4.19. The molecule has 0 unspecified atom stereocenters. The lowest BCUT2D eigenvalue weighted by atomic mass is 9.94. The van der Waals surface area contributed by atoms with Crippen LogP contribution in [0.15, 0.2) is 0 Å². The van der Waals surface area contributed by atoms with Crippen LogP contribution in [0.1, 0.15) is 54.4 Å². The molecule has 0 aromatic rings. The van der Waals surface area contributed by atoms with E-state index in [0.29, 0.717) is 12.3 Å². The van der Waals surface area contributed by atoms with Gasteiger partial charge in [0.2, 0.25) is 0 Å². The van der Waals surface area contributed by atoms with Crippen LogP contribution in [0.3, 0.4) is 0 Å². The minimum atomic E-state index is -0.229. The number of hydrogen-bond acceptors (Lipinski definition) is 2. The van der Waals surface area contributed by atoms with Gasteiger partial charge in [-0.05, 0) is 46.5 Å². The van der Waals surface area contributed by atoms with Crippen molar-refractivity contribution in [1.82, 2.24) is 0 Å². The molecule has 0 aliphatic heterocycles. The fourth-order valence-electron chi connectivity index (χ4n) is 2.09. The number of ether oxygens (including phenoxy) is 1. The van der Waals surface area contributed by atoms with Crippen molar-refractivity contribution in [2.75, 3.05) is 6.61 Å². The molecule has 1 N–H and O–H groups in total. The van der Waals surface area contributed by atoms with Crippen molar-refractivity contribution in [2.24, 2.45) is 5.92 Å². The minimum absolute atomic E-state index is 0.104. The van der Waals surface area contributed by atoms with E-state index in [-0.39, 0.29) is 17.8 Å². The van der Waals surface area contributed by atoms with Gasteiger partial charge in [0.05, 0.1) is 11.2 Å². The molecule has 2 heteroatoms. The van der Waals surface area contributed by atoms with E-state index < -0.39 is 0 Å². The zero-order chi connectivity index (χ0) is 11.4. The summed E-state index contributed by atoms with van der Waals surface area (Å²) >= 11 is 0. The highest BCUT2D eigenvalue weighted by atomic mass is 16.5. The molecule has 0 atom stereocenters. The first kappa shape index (κ1) is 13.9. The number of aliphatic hydroxyl groups excluding tert-OH is 1. The quantitative estimate of drug-likeness (QED) is 0.717. The van der Waals surface area contributed by atoms with Crippen LogP contribution in [-0.2, 0) is 4.74 Å². The van der Waals surface area contributed by atoms with Gasteiger partial charge in [-0.25, -0.2) is 0 Å². The molecule has 0 aromatic carbocycles. The zero-order valence-electron chi connectivity index (χ0n) is 10.6. The summed E-state index contributed by atoms with van der Waals surface area (Å²) in [5.74, 6) is 0.634. The Kier molecular flexibility index (Phi) is 5.10. The molecular formula is C12H26O2. The summed E-state index contributed by atoms with van der Waals surface area (Å²) in [6.07, 6.45) is 1.73. The lowest BCUT2D eigenvalue weighted by Gasteiger charge is -2.37. The Morgan fingerprint density at radius 3 is 1.93 bits per heavy atom. The first-order valence-electron chi connectivity index (χ1n) is 5.49. The van der Waals surface area contributed by atoms with Crippen molar-refractivity contribution in [3.05, 3.63) is 0 Å². The largest absolute Gasteiger partial charge is 0.396 e. The topological polar surface area (TPSA) is 29.5 Å². The highest BCUT2D eigenvalue weighted by Gasteiger charge is 2.29. The molecule has 86 valence electrons. The Morgan fingerprint density at radius 1 is 1.07 bits per heavy atom. The van der Waals surface area contributed by atoms with Crippen molar-refractivity contribution < 1.29 is 9.84 Å². The molecule has 0 spiro atoms. The predicted octanol–water partition coefficient (Wildman–Crippen LogP) is 2.99. The molecule has 0 heterocycles. The van der Waals surface area contributed by atoms with Crippen molar-refractivity contribution in [3.8, 4) is 0 Å². The fourth-order valence-corrected chi connectivity index (χ4v) is 2.09.